The van der Waals surface area contributed by atoms with E-state index in [2.05, 4.69) is 10.1 Å². The van der Waals surface area contributed by atoms with E-state index in [0.29, 0.717) is 0 Å². The Kier molecular flexibility index (Phi) is 6.90. The summed E-state index contributed by atoms with van der Waals surface area (Å²) in [5, 5.41) is 11.1. The Hall–Kier alpha value is -2.41. The largest absolute Gasteiger partial charge is 0.480 e. The minimum atomic E-state index is -1.34. The second kappa shape index (κ2) is 8.70. The number of carboxylic acids is 1. The molecule has 0 aromatic heterocycles. The van der Waals surface area contributed by atoms with Crippen LogP contribution in [0.5, 0.6) is 0 Å². The number of nitrogens with one attached hydrogen (secondary N) is 1. The zero-order valence-corrected chi connectivity index (χ0v) is 11.6. The Labute approximate surface area is 121 Å². The highest BCUT2D eigenvalue weighted by atomic mass is 16.5. The molecule has 0 aliphatic heterocycles. The summed E-state index contributed by atoms with van der Waals surface area (Å²) < 4.78 is 9.54. The average molecular weight is 295 g/mol. The van der Waals surface area contributed by atoms with Gasteiger partial charge in [-0.15, -0.1) is 0 Å². The molecule has 1 rings (SSSR count). The molecule has 0 aliphatic carbocycles. The van der Waals surface area contributed by atoms with E-state index in [-0.39, 0.29) is 13.2 Å². The summed E-state index contributed by atoms with van der Waals surface area (Å²) >= 11 is 0. The number of methoxy groups -OCH3 is 1. The number of hydrogen-bond donors (Lipinski definition) is 2. The molecule has 21 heavy (non-hydrogen) atoms. The molecule has 0 saturated carbocycles. The third kappa shape index (κ3) is 6.53. The van der Waals surface area contributed by atoms with Crippen molar-refractivity contribution < 1.29 is 29.0 Å². The maximum absolute atomic E-state index is 11.6. The lowest BCUT2D eigenvalue weighted by Crippen LogP contribution is -2.43. The molecule has 1 aromatic carbocycles. The van der Waals surface area contributed by atoms with Crippen LogP contribution in [0.4, 0.5) is 0 Å². The van der Waals surface area contributed by atoms with E-state index < -0.39 is 30.3 Å². The van der Waals surface area contributed by atoms with E-state index in [1.54, 1.807) is 24.3 Å². The molecule has 0 unspecified atom stereocenters. The van der Waals surface area contributed by atoms with E-state index in [4.69, 9.17) is 9.84 Å². The second-order valence-electron chi connectivity index (χ2n) is 4.24. The molecule has 2 N–H and O–H groups in total. The van der Waals surface area contributed by atoms with Crippen molar-refractivity contribution in [3.05, 3.63) is 35.9 Å². The van der Waals surface area contributed by atoms with Gasteiger partial charge in [-0.2, -0.15) is 0 Å². The Bertz CT molecular complexity index is 487. The molecule has 0 bridgehead atoms. The molecule has 0 saturated heterocycles. The van der Waals surface area contributed by atoms with Crippen molar-refractivity contribution in [3.63, 3.8) is 0 Å². The molecule has 114 valence electrons. The molecular weight excluding hydrogens is 278 g/mol. The first-order valence-corrected chi connectivity index (χ1v) is 6.23. The standard InChI is InChI=1S/C14H17NO6/c1-20-9-12(16)15-11(14(18)19)7-13(17)21-8-10-5-3-2-4-6-10/h2-6,11H,7-9H2,1H3,(H,15,16)(H,18,19)/t11-/m1/s1. The van der Waals surface area contributed by atoms with Crippen LogP contribution >= 0.6 is 0 Å². The molecule has 0 heterocycles. The number of carbonyl (C=O) groups excluding carboxylic acids is 2. The molecular formula is C14H17NO6. The Morgan fingerprint density at radius 1 is 1.24 bits per heavy atom. The number of carboxylic acid groups (broad SMARTS) is 1. The van der Waals surface area contributed by atoms with Gasteiger partial charge in [0.25, 0.3) is 0 Å². The number of carbonyl (C=O) groups is 3. The highest BCUT2D eigenvalue weighted by Crippen LogP contribution is 2.03. The fourth-order valence-corrected chi connectivity index (χ4v) is 1.53. The summed E-state index contributed by atoms with van der Waals surface area (Å²) in [6.07, 6.45) is -0.447. The van der Waals surface area contributed by atoms with E-state index in [9.17, 15) is 14.4 Å². The highest BCUT2D eigenvalue weighted by Gasteiger charge is 2.24. The zero-order valence-electron chi connectivity index (χ0n) is 11.6. The fourth-order valence-electron chi connectivity index (χ4n) is 1.53. The van der Waals surface area contributed by atoms with Gasteiger partial charge in [0.2, 0.25) is 5.91 Å². The average Bonchev–Trinajstić information content (AvgIpc) is 2.45. The maximum Gasteiger partial charge on any atom is 0.326 e. The summed E-state index contributed by atoms with van der Waals surface area (Å²) in [6.45, 7) is -0.221. The minimum Gasteiger partial charge on any atom is -0.480 e. The maximum atomic E-state index is 11.6. The Morgan fingerprint density at radius 3 is 2.48 bits per heavy atom. The second-order valence-corrected chi connectivity index (χ2v) is 4.24. The fraction of sp³-hybridized carbons (Fsp3) is 0.357. The van der Waals surface area contributed by atoms with Gasteiger partial charge in [0.1, 0.15) is 19.3 Å². The number of amides is 1. The molecule has 1 aromatic rings. The number of esters is 1. The van der Waals surface area contributed by atoms with Crippen molar-refractivity contribution in [2.45, 2.75) is 19.1 Å². The van der Waals surface area contributed by atoms with Gasteiger partial charge >= 0.3 is 11.9 Å². The molecule has 1 atom stereocenters. The lowest BCUT2D eigenvalue weighted by atomic mass is 10.2. The Balaban J connectivity index is 2.45. The van der Waals surface area contributed by atoms with E-state index in [1.807, 2.05) is 6.07 Å². The summed E-state index contributed by atoms with van der Waals surface area (Å²) in [4.78, 5) is 33.9. The predicted molar refractivity (Wildman–Crippen MR) is 72.3 cm³/mol. The van der Waals surface area contributed by atoms with Crippen LogP contribution in [0.15, 0.2) is 30.3 Å². The number of rotatable bonds is 8. The number of hydrogen-bond acceptors (Lipinski definition) is 5. The summed E-state index contributed by atoms with van der Waals surface area (Å²) in [5.74, 6) is -2.62. The van der Waals surface area contributed by atoms with Crippen LogP contribution < -0.4 is 5.32 Å². The summed E-state index contributed by atoms with van der Waals surface area (Å²) in [6, 6.07) is 7.65. The lowest BCUT2D eigenvalue weighted by Gasteiger charge is -2.13. The zero-order chi connectivity index (χ0) is 15.7. The molecule has 0 radical (unpaired) electrons. The van der Waals surface area contributed by atoms with Gasteiger partial charge in [-0.25, -0.2) is 4.79 Å². The molecule has 0 spiro atoms. The predicted octanol–water partition coefficient (Wildman–Crippen LogP) is 0.336. The molecule has 1 amide bonds. The topological polar surface area (TPSA) is 102 Å². The van der Waals surface area contributed by atoms with Gasteiger partial charge in [0.05, 0.1) is 6.42 Å². The van der Waals surface area contributed by atoms with Gasteiger partial charge in [0.15, 0.2) is 0 Å². The van der Waals surface area contributed by atoms with Crippen molar-refractivity contribution in [1.82, 2.24) is 5.32 Å². The van der Waals surface area contributed by atoms with Crippen LogP contribution in [0.3, 0.4) is 0 Å². The normalized spacial score (nSPS) is 11.5. The first kappa shape index (κ1) is 16.6. The molecule has 0 aliphatic rings. The highest BCUT2D eigenvalue weighted by molar-refractivity contribution is 5.87. The van der Waals surface area contributed by atoms with Crippen LogP contribution in [0.1, 0.15) is 12.0 Å². The minimum absolute atomic E-state index is 0.0536. The van der Waals surface area contributed by atoms with Crippen molar-refractivity contribution in [3.8, 4) is 0 Å². The smallest absolute Gasteiger partial charge is 0.326 e. The van der Waals surface area contributed by atoms with E-state index >= 15 is 0 Å². The van der Waals surface area contributed by atoms with Gasteiger partial charge in [0, 0.05) is 7.11 Å². The molecule has 0 fully saturated rings. The van der Waals surface area contributed by atoms with Crippen LogP contribution in [-0.4, -0.2) is 42.7 Å². The number of benzene rings is 1. The Morgan fingerprint density at radius 2 is 1.90 bits per heavy atom. The van der Waals surface area contributed by atoms with Crippen LogP contribution in [-0.2, 0) is 30.5 Å². The van der Waals surface area contributed by atoms with Crippen molar-refractivity contribution in [2.24, 2.45) is 0 Å². The third-order valence-electron chi connectivity index (χ3n) is 2.52. The van der Waals surface area contributed by atoms with E-state index in [1.165, 1.54) is 7.11 Å². The van der Waals surface area contributed by atoms with Crippen molar-refractivity contribution >= 4 is 17.8 Å². The van der Waals surface area contributed by atoms with Crippen LogP contribution in [0.25, 0.3) is 0 Å². The van der Waals surface area contributed by atoms with Gasteiger partial charge < -0.3 is 19.9 Å². The summed E-state index contributed by atoms with van der Waals surface area (Å²) in [5.41, 5.74) is 0.793. The molecule has 7 heteroatoms. The van der Waals surface area contributed by atoms with E-state index in [0.717, 1.165) is 5.56 Å². The SMILES string of the molecule is COCC(=O)N[C@H](CC(=O)OCc1ccccc1)C(=O)O. The van der Waals surface area contributed by atoms with Crippen molar-refractivity contribution in [2.75, 3.05) is 13.7 Å². The van der Waals surface area contributed by atoms with Crippen LogP contribution in [0, 0.1) is 0 Å². The lowest BCUT2D eigenvalue weighted by molar-refractivity contribution is -0.151. The van der Waals surface area contributed by atoms with Gasteiger partial charge in [-0.3, -0.25) is 9.59 Å². The van der Waals surface area contributed by atoms with Gasteiger partial charge in [-0.05, 0) is 5.56 Å². The summed E-state index contributed by atoms with van der Waals surface area (Å²) in [7, 11) is 1.31. The first-order valence-electron chi connectivity index (χ1n) is 6.23. The monoisotopic (exact) mass is 295 g/mol. The van der Waals surface area contributed by atoms with Gasteiger partial charge in [-0.1, -0.05) is 30.3 Å². The first-order chi connectivity index (χ1) is 10.0. The van der Waals surface area contributed by atoms with Crippen LogP contribution in [0.2, 0.25) is 0 Å². The quantitative estimate of drug-likeness (QED) is 0.670. The number of ether oxygens (including phenoxy) is 2. The molecule has 7 nitrogen and oxygen atoms in total. The van der Waals surface area contributed by atoms with Crippen molar-refractivity contribution in [1.29, 1.82) is 0 Å². The number of aliphatic carboxylic acids is 1. The third-order valence-corrected chi connectivity index (χ3v) is 2.52.